The lowest BCUT2D eigenvalue weighted by atomic mass is 10.3. The number of carboxylic acid groups (broad SMARTS) is 1. The molecule has 0 aliphatic rings. The minimum Gasteiger partial charge on any atom is -0.480 e. The van der Waals surface area contributed by atoms with Gasteiger partial charge in [0.25, 0.3) is 0 Å². The van der Waals surface area contributed by atoms with Crippen molar-refractivity contribution in [2.75, 3.05) is 11.4 Å². The van der Waals surface area contributed by atoms with Crippen LogP contribution >= 0.6 is 11.6 Å². The number of nitrogens with zero attached hydrogens (tertiary/aromatic N) is 1. The summed E-state index contributed by atoms with van der Waals surface area (Å²) in [5, 5.41) is 9.10. The number of hydrogen-bond donors (Lipinski definition) is 1. The number of aliphatic carboxylic acids is 1. The summed E-state index contributed by atoms with van der Waals surface area (Å²) >= 11 is 5.74. The van der Waals surface area contributed by atoms with Gasteiger partial charge in [-0.05, 0) is 18.2 Å². The van der Waals surface area contributed by atoms with Gasteiger partial charge in [0, 0.05) is 17.6 Å². The van der Waals surface area contributed by atoms with Crippen LogP contribution in [0.15, 0.2) is 24.3 Å². The lowest BCUT2D eigenvalue weighted by Crippen LogP contribution is -2.33. The van der Waals surface area contributed by atoms with E-state index in [1.807, 2.05) is 0 Å². The number of carbonyl (C=O) groups excluding carboxylic acids is 1. The first-order chi connectivity index (χ1) is 7.00. The van der Waals surface area contributed by atoms with E-state index in [1.165, 1.54) is 6.92 Å². The highest BCUT2D eigenvalue weighted by molar-refractivity contribution is 6.30. The predicted octanol–water partition coefficient (Wildman–Crippen LogP) is 1.78. The van der Waals surface area contributed by atoms with E-state index in [1.54, 1.807) is 24.3 Å². The number of hydrogen-bond acceptors (Lipinski definition) is 2. The standard InChI is InChI=1S/C10H10ClNO3/c1-7(13)12(6-10(14)15)9-4-2-3-8(11)5-9/h2-5H,6H2,1H3,(H,14,15). The Morgan fingerprint density at radius 3 is 2.60 bits per heavy atom. The second-order valence-electron chi connectivity index (χ2n) is 2.98. The summed E-state index contributed by atoms with van der Waals surface area (Å²) in [4.78, 5) is 22.9. The summed E-state index contributed by atoms with van der Waals surface area (Å²) in [5.74, 6) is -1.40. The van der Waals surface area contributed by atoms with Crippen LogP contribution < -0.4 is 4.90 Å². The molecular formula is C10H10ClNO3. The highest BCUT2D eigenvalue weighted by Crippen LogP contribution is 2.19. The third kappa shape index (κ3) is 3.25. The summed E-state index contributed by atoms with van der Waals surface area (Å²) < 4.78 is 0. The maximum atomic E-state index is 11.2. The molecule has 0 atom stereocenters. The van der Waals surface area contributed by atoms with Gasteiger partial charge in [-0.2, -0.15) is 0 Å². The SMILES string of the molecule is CC(=O)N(CC(=O)O)c1cccc(Cl)c1. The maximum Gasteiger partial charge on any atom is 0.323 e. The van der Waals surface area contributed by atoms with Crippen molar-refractivity contribution in [3.8, 4) is 0 Å². The minimum absolute atomic E-state index is 0.334. The fourth-order valence-electron chi connectivity index (χ4n) is 1.16. The number of benzene rings is 1. The smallest absolute Gasteiger partial charge is 0.323 e. The van der Waals surface area contributed by atoms with Gasteiger partial charge in [0.1, 0.15) is 6.54 Å². The first-order valence-electron chi connectivity index (χ1n) is 4.26. The molecule has 0 aliphatic carbocycles. The molecule has 0 aromatic heterocycles. The quantitative estimate of drug-likeness (QED) is 0.856. The molecule has 0 saturated heterocycles. The second-order valence-corrected chi connectivity index (χ2v) is 3.42. The van der Waals surface area contributed by atoms with Crippen molar-refractivity contribution in [1.29, 1.82) is 0 Å². The number of anilines is 1. The molecule has 1 N–H and O–H groups in total. The molecule has 0 heterocycles. The van der Waals surface area contributed by atoms with Crippen molar-refractivity contribution in [1.82, 2.24) is 0 Å². The molecule has 0 radical (unpaired) electrons. The normalized spacial score (nSPS) is 9.73. The maximum absolute atomic E-state index is 11.2. The van der Waals surface area contributed by atoms with Crippen molar-refractivity contribution in [2.24, 2.45) is 0 Å². The topological polar surface area (TPSA) is 57.6 Å². The zero-order valence-electron chi connectivity index (χ0n) is 8.11. The molecule has 0 fully saturated rings. The number of carboxylic acids is 1. The molecule has 5 heteroatoms. The van der Waals surface area contributed by atoms with Crippen LogP contribution in [-0.4, -0.2) is 23.5 Å². The van der Waals surface area contributed by atoms with Gasteiger partial charge in [-0.1, -0.05) is 17.7 Å². The number of carbonyl (C=O) groups is 2. The highest BCUT2D eigenvalue weighted by Gasteiger charge is 2.14. The van der Waals surface area contributed by atoms with E-state index < -0.39 is 5.97 Å². The van der Waals surface area contributed by atoms with Crippen LogP contribution in [0.25, 0.3) is 0 Å². The Morgan fingerprint density at radius 2 is 2.13 bits per heavy atom. The first kappa shape index (κ1) is 11.5. The van der Waals surface area contributed by atoms with Gasteiger partial charge in [0.05, 0.1) is 0 Å². The van der Waals surface area contributed by atoms with Crippen LogP contribution in [0.4, 0.5) is 5.69 Å². The average Bonchev–Trinajstić information content (AvgIpc) is 2.13. The molecular weight excluding hydrogens is 218 g/mol. The molecule has 1 rings (SSSR count). The third-order valence-electron chi connectivity index (χ3n) is 1.79. The van der Waals surface area contributed by atoms with E-state index in [2.05, 4.69) is 0 Å². The van der Waals surface area contributed by atoms with Crippen molar-refractivity contribution >= 4 is 29.2 Å². The van der Waals surface area contributed by atoms with Crippen LogP contribution in [0.2, 0.25) is 5.02 Å². The molecule has 0 spiro atoms. The fourth-order valence-corrected chi connectivity index (χ4v) is 1.35. The van der Waals surface area contributed by atoms with E-state index in [9.17, 15) is 9.59 Å². The van der Waals surface area contributed by atoms with Gasteiger partial charge in [-0.3, -0.25) is 9.59 Å². The van der Waals surface area contributed by atoms with Crippen LogP contribution in [0.5, 0.6) is 0 Å². The lowest BCUT2D eigenvalue weighted by Gasteiger charge is -2.18. The molecule has 1 amide bonds. The van der Waals surface area contributed by atoms with Crippen LogP contribution in [-0.2, 0) is 9.59 Å². The Kier molecular flexibility index (Phi) is 3.68. The molecule has 1 aromatic carbocycles. The average molecular weight is 228 g/mol. The van der Waals surface area contributed by atoms with E-state index >= 15 is 0 Å². The van der Waals surface area contributed by atoms with Gasteiger partial charge in [0.2, 0.25) is 5.91 Å². The van der Waals surface area contributed by atoms with E-state index in [-0.39, 0.29) is 12.5 Å². The van der Waals surface area contributed by atoms with E-state index in [4.69, 9.17) is 16.7 Å². The van der Waals surface area contributed by atoms with E-state index in [0.717, 1.165) is 4.90 Å². The second kappa shape index (κ2) is 4.79. The first-order valence-corrected chi connectivity index (χ1v) is 4.64. The Bertz CT molecular complexity index is 392. The van der Waals surface area contributed by atoms with Gasteiger partial charge in [-0.15, -0.1) is 0 Å². The third-order valence-corrected chi connectivity index (χ3v) is 2.03. The van der Waals surface area contributed by atoms with Crippen molar-refractivity contribution in [3.63, 3.8) is 0 Å². The van der Waals surface area contributed by atoms with Gasteiger partial charge >= 0.3 is 5.97 Å². The Balaban J connectivity index is 2.98. The van der Waals surface area contributed by atoms with Crippen LogP contribution in [0, 0.1) is 0 Å². The molecule has 0 unspecified atom stereocenters. The minimum atomic E-state index is -1.06. The molecule has 0 aliphatic heterocycles. The molecule has 0 bridgehead atoms. The largest absolute Gasteiger partial charge is 0.480 e. The van der Waals surface area contributed by atoms with Gasteiger partial charge < -0.3 is 10.0 Å². The molecule has 0 saturated carbocycles. The van der Waals surface area contributed by atoms with Gasteiger partial charge in [0.15, 0.2) is 0 Å². The van der Waals surface area contributed by atoms with Crippen LogP contribution in [0.1, 0.15) is 6.92 Å². The summed E-state index contributed by atoms with van der Waals surface area (Å²) in [6, 6.07) is 6.50. The molecule has 1 aromatic rings. The predicted molar refractivity (Wildman–Crippen MR) is 57.1 cm³/mol. The summed E-state index contributed by atoms with van der Waals surface area (Å²) in [5.41, 5.74) is 0.484. The number of halogens is 1. The molecule has 4 nitrogen and oxygen atoms in total. The Labute approximate surface area is 92.1 Å². The Morgan fingerprint density at radius 1 is 1.47 bits per heavy atom. The lowest BCUT2D eigenvalue weighted by molar-refractivity contribution is -0.136. The zero-order chi connectivity index (χ0) is 11.4. The number of rotatable bonds is 3. The summed E-state index contributed by atoms with van der Waals surface area (Å²) in [6.45, 7) is 0.944. The van der Waals surface area contributed by atoms with Gasteiger partial charge in [-0.25, -0.2) is 0 Å². The fraction of sp³-hybridized carbons (Fsp3) is 0.200. The van der Waals surface area contributed by atoms with Crippen molar-refractivity contribution in [2.45, 2.75) is 6.92 Å². The van der Waals surface area contributed by atoms with Crippen molar-refractivity contribution in [3.05, 3.63) is 29.3 Å². The summed E-state index contributed by atoms with van der Waals surface area (Å²) in [6.07, 6.45) is 0. The monoisotopic (exact) mass is 227 g/mol. The molecule has 80 valence electrons. The molecule has 15 heavy (non-hydrogen) atoms. The van der Waals surface area contributed by atoms with E-state index in [0.29, 0.717) is 10.7 Å². The summed E-state index contributed by atoms with van der Waals surface area (Å²) in [7, 11) is 0. The Hall–Kier alpha value is -1.55. The van der Waals surface area contributed by atoms with Crippen molar-refractivity contribution < 1.29 is 14.7 Å². The highest BCUT2D eigenvalue weighted by atomic mass is 35.5. The zero-order valence-corrected chi connectivity index (χ0v) is 8.86. The number of amides is 1. The van der Waals surface area contributed by atoms with Crippen LogP contribution in [0.3, 0.4) is 0 Å².